The number of fused-ring (bicyclic) bond motifs is 4. The van der Waals surface area contributed by atoms with Gasteiger partial charge in [0.2, 0.25) is 5.36 Å². The molecule has 0 saturated carbocycles. The van der Waals surface area contributed by atoms with E-state index in [2.05, 4.69) is 21.6 Å². The number of anilines is 3. The highest BCUT2D eigenvalue weighted by molar-refractivity contribution is 6.31. The van der Waals surface area contributed by atoms with Crippen LogP contribution in [0.5, 0.6) is 28.7 Å². The van der Waals surface area contributed by atoms with Crippen LogP contribution < -0.4 is 54.5 Å². The molecule has 0 aliphatic carbocycles. The normalized spacial score (nSPS) is 15.2. The van der Waals surface area contributed by atoms with Crippen molar-refractivity contribution in [3.05, 3.63) is 91.4 Å². The highest BCUT2D eigenvalue weighted by Crippen LogP contribution is 2.51. The molecular weight excluding hydrogens is 994 g/mol. The molecule has 0 radical (unpaired) electrons. The second-order valence-electron chi connectivity index (χ2n) is 21.5. The van der Waals surface area contributed by atoms with Crippen LogP contribution in [0.4, 0.5) is 17.1 Å². The van der Waals surface area contributed by atoms with Crippen molar-refractivity contribution in [3.63, 3.8) is 0 Å². The Morgan fingerprint density at radius 2 is 1.22 bits per heavy atom. The molecule has 18 heteroatoms. The molecular formula is C58H71ClN5O12+. The summed E-state index contributed by atoms with van der Waals surface area (Å²) >= 11 is 6.47. The first kappa shape index (κ1) is 54.1. The van der Waals surface area contributed by atoms with E-state index in [0.29, 0.717) is 39.9 Å². The van der Waals surface area contributed by atoms with E-state index in [1.54, 1.807) is 23.1 Å². The third kappa shape index (κ3) is 11.5. The standard InChI is InChI=1S/C58H71ClN5O12/c1-57(2,60)34-58(3,4)76-46-29-47(74-24-23-73-45-18-17-37(59)27-43(45)63(30-48(65)69-5)31-49(66)70-6)44(64(32-50(67)71-7)33-51(68)72-8)28-40(46)52-41-25-35-13-9-19-61-21-11-15-38(53(35)61)55(41)75-56-39-16-12-22-62-20-10-14-36(54(39)62)26-42(52)56/h17-18,25-29H,9-16,19-24,30-34,60H2,1-8H3/q+1. The smallest absolute Gasteiger partial charge is 0.325 e. The number of methoxy groups -OCH3 is 4. The number of esters is 4. The molecule has 0 spiro atoms. The lowest BCUT2D eigenvalue weighted by Gasteiger charge is -2.39. The molecule has 0 saturated heterocycles. The van der Waals surface area contributed by atoms with Crippen LogP contribution in [0.15, 0.2) is 42.5 Å². The van der Waals surface area contributed by atoms with Gasteiger partial charge in [-0.2, -0.15) is 0 Å². The number of nitrogens with zero attached hydrogens (tertiary/aromatic N) is 4. The third-order valence-electron chi connectivity index (χ3n) is 14.7. The van der Waals surface area contributed by atoms with E-state index >= 15 is 0 Å². The molecule has 4 aromatic carbocycles. The van der Waals surface area contributed by atoms with Gasteiger partial charge in [-0.25, -0.2) is 4.58 Å². The minimum absolute atomic E-state index is 0.0531. The second-order valence-corrected chi connectivity index (χ2v) is 21.9. The second kappa shape index (κ2) is 22.5. The van der Waals surface area contributed by atoms with Crippen LogP contribution in [0.3, 0.4) is 0 Å². The van der Waals surface area contributed by atoms with E-state index < -0.39 is 35.0 Å². The van der Waals surface area contributed by atoms with Gasteiger partial charge in [0.25, 0.3) is 0 Å². The first-order chi connectivity index (χ1) is 36.4. The molecule has 0 atom stereocenters. The summed E-state index contributed by atoms with van der Waals surface area (Å²) in [6.07, 6.45) is 8.16. The molecule has 4 aromatic rings. The van der Waals surface area contributed by atoms with Crippen LogP contribution >= 0.6 is 11.6 Å². The summed E-state index contributed by atoms with van der Waals surface area (Å²) in [6.45, 7) is 10.6. The Morgan fingerprint density at radius 3 is 1.84 bits per heavy atom. The highest BCUT2D eigenvalue weighted by Gasteiger charge is 2.38. The Kier molecular flexibility index (Phi) is 16.0. The Labute approximate surface area is 449 Å². The molecule has 406 valence electrons. The predicted molar refractivity (Wildman–Crippen MR) is 289 cm³/mol. The maximum Gasteiger partial charge on any atom is 0.325 e. The van der Waals surface area contributed by atoms with Gasteiger partial charge in [-0.05, 0) is 108 Å². The Balaban J connectivity index is 1.25. The van der Waals surface area contributed by atoms with Gasteiger partial charge >= 0.3 is 23.9 Å². The van der Waals surface area contributed by atoms with Crippen LogP contribution in [-0.4, -0.2) is 129 Å². The fourth-order valence-electron chi connectivity index (χ4n) is 11.9. The van der Waals surface area contributed by atoms with Crippen molar-refractivity contribution >= 4 is 58.1 Å². The summed E-state index contributed by atoms with van der Waals surface area (Å²) < 4.78 is 50.7. The number of carbonyl (C=O) groups excluding carboxylic acids is 4. The summed E-state index contributed by atoms with van der Waals surface area (Å²) in [7, 11) is 5.11. The first-order valence-corrected chi connectivity index (χ1v) is 26.7. The maximum absolute atomic E-state index is 13.4. The molecule has 0 bridgehead atoms. The molecule has 5 aliphatic rings. The molecule has 0 fully saturated rings. The summed E-state index contributed by atoms with van der Waals surface area (Å²) in [6, 6.07) is 13.3. The zero-order valence-electron chi connectivity index (χ0n) is 45.1. The highest BCUT2D eigenvalue weighted by atomic mass is 35.5. The zero-order valence-corrected chi connectivity index (χ0v) is 45.9. The molecule has 2 N–H and O–H groups in total. The number of hydrogen-bond donors (Lipinski definition) is 1. The number of ether oxygens (including phenoxy) is 8. The van der Waals surface area contributed by atoms with Crippen molar-refractivity contribution in [2.24, 2.45) is 5.73 Å². The van der Waals surface area contributed by atoms with Crippen LogP contribution in [0.25, 0.3) is 5.57 Å². The molecule has 9 rings (SSSR count). The van der Waals surface area contributed by atoms with Crippen LogP contribution in [0, 0.1) is 0 Å². The van der Waals surface area contributed by atoms with Crippen molar-refractivity contribution in [1.82, 2.24) is 4.58 Å². The SMILES string of the molecule is COC(=O)CN(CC(=O)OC)c1cc(Cl)ccc1OCCOc1cc(OC(C)(C)CC(C)(C)N)c(C2=c3cc4c5c(c3Oc3c2cc2c6c3CCCN6CCC2)CCC[N+]=5CCC4)cc1N(CC(=O)OC)CC(=O)OC. The summed E-state index contributed by atoms with van der Waals surface area (Å²) in [5, 5.41) is 2.58. The molecule has 5 aliphatic heterocycles. The summed E-state index contributed by atoms with van der Waals surface area (Å²) in [5.41, 5.74) is 14.9. The average Bonchev–Trinajstić information content (AvgIpc) is 3.39. The van der Waals surface area contributed by atoms with Gasteiger partial charge in [-0.1, -0.05) is 11.6 Å². The van der Waals surface area contributed by atoms with Gasteiger partial charge in [0.1, 0.15) is 86.8 Å². The number of aryl methyl sites for hydroxylation is 2. The van der Waals surface area contributed by atoms with Crippen molar-refractivity contribution in [1.29, 1.82) is 0 Å². The van der Waals surface area contributed by atoms with Crippen molar-refractivity contribution in [3.8, 4) is 28.7 Å². The van der Waals surface area contributed by atoms with Crippen molar-refractivity contribution < 1.29 is 57.1 Å². The zero-order chi connectivity index (χ0) is 54.1. The number of hydrogen-bond acceptors (Lipinski definition) is 16. The van der Waals surface area contributed by atoms with Crippen molar-refractivity contribution in [2.45, 2.75) is 96.6 Å². The molecule has 0 unspecified atom stereocenters. The molecule has 17 nitrogen and oxygen atoms in total. The van der Waals surface area contributed by atoms with E-state index in [4.69, 9.17) is 55.2 Å². The lowest BCUT2D eigenvalue weighted by molar-refractivity contribution is -0.141. The van der Waals surface area contributed by atoms with E-state index in [1.165, 1.54) is 66.6 Å². The average molecular weight is 1070 g/mol. The third-order valence-corrected chi connectivity index (χ3v) is 14.9. The molecule has 76 heavy (non-hydrogen) atoms. The first-order valence-electron chi connectivity index (χ1n) is 26.3. The number of benzene rings is 4. The van der Waals surface area contributed by atoms with Crippen LogP contribution in [0.1, 0.15) is 93.2 Å². The largest absolute Gasteiger partial charge is 0.488 e. The van der Waals surface area contributed by atoms with Crippen molar-refractivity contribution in [2.75, 3.05) is 109 Å². The van der Waals surface area contributed by atoms with Gasteiger partial charge in [-0.15, -0.1) is 0 Å². The Hall–Kier alpha value is -6.72. The van der Waals surface area contributed by atoms with Gasteiger partial charge in [0, 0.05) is 87.7 Å². The minimum atomic E-state index is -0.833. The quantitative estimate of drug-likeness (QED) is 0.0426. The van der Waals surface area contributed by atoms with Gasteiger partial charge in [0.15, 0.2) is 0 Å². The number of nitrogens with two attached hydrogens (primary N) is 1. The van der Waals surface area contributed by atoms with Gasteiger partial charge in [0.05, 0.1) is 45.4 Å². The molecule has 5 heterocycles. The number of carbonyl (C=O) groups is 4. The molecule has 0 amide bonds. The summed E-state index contributed by atoms with van der Waals surface area (Å²) in [4.78, 5) is 57.6. The van der Waals surface area contributed by atoms with Gasteiger partial charge in [-0.3, -0.25) is 19.2 Å². The minimum Gasteiger partial charge on any atom is -0.488 e. The Morgan fingerprint density at radius 1 is 0.658 bits per heavy atom. The van der Waals surface area contributed by atoms with Gasteiger partial charge < -0.3 is 58.3 Å². The number of halogens is 1. The fraction of sp³-hybridized carbons (Fsp3) is 0.500. The lowest BCUT2D eigenvalue weighted by Crippen LogP contribution is -2.45. The topological polar surface area (TPSA) is 181 Å². The predicted octanol–water partition coefficient (Wildman–Crippen LogP) is 5.82. The lowest BCUT2D eigenvalue weighted by atomic mass is 9.82. The Bertz CT molecular complexity index is 3040. The van der Waals surface area contributed by atoms with E-state index in [-0.39, 0.29) is 45.1 Å². The van der Waals surface area contributed by atoms with E-state index in [9.17, 15) is 19.2 Å². The van der Waals surface area contributed by atoms with E-state index in [1.807, 2.05) is 39.8 Å². The fourth-order valence-corrected chi connectivity index (χ4v) is 12.1. The number of rotatable bonds is 20. The maximum atomic E-state index is 13.4. The van der Waals surface area contributed by atoms with Crippen LogP contribution in [-0.2, 0) is 63.8 Å². The monoisotopic (exact) mass is 1060 g/mol. The van der Waals surface area contributed by atoms with Crippen LogP contribution in [0.2, 0.25) is 5.02 Å². The molecule has 0 aromatic heterocycles. The summed E-state index contributed by atoms with van der Waals surface area (Å²) in [5.74, 6) is 0.379. The van der Waals surface area contributed by atoms with E-state index in [0.717, 1.165) is 105 Å².